The minimum Gasteiger partial charge on any atom is -0.383 e. The molecule has 0 aliphatic rings. The van der Waals surface area contributed by atoms with Crippen molar-refractivity contribution in [2.75, 3.05) is 5.73 Å². The molecule has 3 aromatic rings. The number of fused-ring (bicyclic) bond motifs is 1. The predicted molar refractivity (Wildman–Crippen MR) is 80.1 cm³/mol. The van der Waals surface area contributed by atoms with Gasteiger partial charge in [0, 0.05) is 11.8 Å². The van der Waals surface area contributed by atoms with Gasteiger partial charge in [-0.05, 0) is 30.2 Å². The lowest BCUT2D eigenvalue weighted by Crippen LogP contribution is -1.99. The summed E-state index contributed by atoms with van der Waals surface area (Å²) in [6, 6.07) is 18.7. The second kappa shape index (κ2) is 4.73. The molecule has 0 aliphatic carbocycles. The number of nitrogens with two attached hydrogens (primary N) is 1. The van der Waals surface area contributed by atoms with Crippen LogP contribution in [-0.4, -0.2) is 4.98 Å². The number of benzene rings is 2. The summed E-state index contributed by atoms with van der Waals surface area (Å²) in [5.74, 6) is 0.624. The number of aryl methyl sites for hydroxylation is 1. The zero-order valence-corrected chi connectivity index (χ0v) is 10.9. The number of para-hydroxylation sites is 1. The summed E-state index contributed by atoms with van der Waals surface area (Å²) in [5, 5.41) is 1.14. The average molecular weight is 248 g/mol. The van der Waals surface area contributed by atoms with Crippen molar-refractivity contribution >= 4 is 16.7 Å². The van der Waals surface area contributed by atoms with E-state index >= 15 is 0 Å². The maximum Gasteiger partial charge on any atom is 0.127 e. The highest BCUT2D eigenvalue weighted by atomic mass is 14.8. The Labute approximate surface area is 112 Å². The molecule has 94 valence electrons. The third-order valence-electron chi connectivity index (χ3n) is 3.35. The van der Waals surface area contributed by atoms with E-state index in [9.17, 15) is 0 Å². The van der Waals surface area contributed by atoms with Crippen LogP contribution < -0.4 is 5.73 Å². The van der Waals surface area contributed by atoms with Gasteiger partial charge in [0.15, 0.2) is 0 Å². The number of anilines is 1. The topological polar surface area (TPSA) is 38.9 Å². The lowest BCUT2D eigenvalue weighted by Gasteiger charge is -2.07. The number of hydrogen-bond donors (Lipinski definition) is 1. The molecule has 0 atom stereocenters. The Morgan fingerprint density at radius 3 is 2.53 bits per heavy atom. The zero-order valence-electron chi connectivity index (χ0n) is 10.9. The van der Waals surface area contributed by atoms with Crippen LogP contribution in [-0.2, 0) is 6.42 Å². The Balaban J connectivity index is 2.00. The van der Waals surface area contributed by atoms with Crippen LogP contribution in [0.3, 0.4) is 0 Å². The maximum absolute atomic E-state index is 6.05. The Hall–Kier alpha value is -2.35. The molecule has 0 fully saturated rings. The number of rotatable bonds is 2. The molecule has 0 spiro atoms. The molecule has 3 rings (SSSR count). The first-order valence-corrected chi connectivity index (χ1v) is 6.42. The van der Waals surface area contributed by atoms with Crippen LogP contribution in [0.2, 0.25) is 0 Å². The van der Waals surface area contributed by atoms with E-state index in [-0.39, 0.29) is 0 Å². The molecule has 0 radical (unpaired) electrons. The highest BCUT2D eigenvalue weighted by Crippen LogP contribution is 2.21. The Bertz CT molecular complexity index is 715. The van der Waals surface area contributed by atoms with Crippen LogP contribution in [0.5, 0.6) is 0 Å². The Morgan fingerprint density at radius 1 is 1.00 bits per heavy atom. The molecule has 0 bridgehead atoms. The summed E-state index contributed by atoms with van der Waals surface area (Å²) in [6.45, 7) is 2.09. The summed E-state index contributed by atoms with van der Waals surface area (Å²) in [5.41, 5.74) is 10.6. The van der Waals surface area contributed by atoms with E-state index in [1.165, 1.54) is 11.1 Å². The molecule has 0 amide bonds. The van der Waals surface area contributed by atoms with Gasteiger partial charge in [-0.1, -0.05) is 48.0 Å². The van der Waals surface area contributed by atoms with Gasteiger partial charge in [-0.3, -0.25) is 0 Å². The fourth-order valence-electron chi connectivity index (χ4n) is 2.24. The molecule has 1 heterocycles. The monoisotopic (exact) mass is 248 g/mol. The van der Waals surface area contributed by atoms with Gasteiger partial charge in [0.2, 0.25) is 0 Å². The van der Waals surface area contributed by atoms with Crippen LogP contribution >= 0.6 is 0 Å². The number of pyridine rings is 1. The van der Waals surface area contributed by atoms with Crippen LogP contribution in [0.4, 0.5) is 5.82 Å². The highest BCUT2D eigenvalue weighted by Gasteiger charge is 2.04. The van der Waals surface area contributed by atoms with Crippen LogP contribution in [0.15, 0.2) is 54.6 Å². The molecule has 0 saturated heterocycles. The average Bonchev–Trinajstić information content (AvgIpc) is 2.42. The SMILES string of the molecule is Cc1ccc(Cc2cc3ccccc3nc2N)cc1. The van der Waals surface area contributed by atoms with Gasteiger partial charge >= 0.3 is 0 Å². The van der Waals surface area contributed by atoms with Crippen molar-refractivity contribution in [1.29, 1.82) is 0 Å². The molecule has 19 heavy (non-hydrogen) atoms. The minimum absolute atomic E-state index is 0.624. The summed E-state index contributed by atoms with van der Waals surface area (Å²) in [4.78, 5) is 4.47. The van der Waals surface area contributed by atoms with Crippen molar-refractivity contribution in [2.24, 2.45) is 0 Å². The molecule has 0 unspecified atom stereocenters. The van der Waals surface area contributed by atoms with Gasteiger partial charge < -0.3 is 5.73 Å². The van der Waals surface area contributed by atoms with E-state index in [2.05, 4.69) is 48.3 Å². The molecular formula is C17H16N2. The Kier molecular flexibility index (Phi) is 2.92. The fourth-order valence-corrected chi connectivity index (χ4v) is 2.24. The van der Waals surface area contributed by atoms with Crippen molar-refractivity contribution in [2.45, 2.75) is 13.3 Å². The minimum atomic E-state index is 0.624. The lowest BCUT2D eigenvalue weighted by atomic mass is 10.0. The molecule has 2 nitrogen and oxygen atoms in total. The highest BCUT2D eigenvalue weighted by molar-refractivity contribution is 5.81. The molecular weight excluding hydrogens is 232 g/mol. The van der Waals surface area contributed by atoms with Crippen molar-refractivity contribution in [3.05, 3.63) is 71.3 Å². The van der Waals surface area contributed by atoms with Gasteiger partial charge in [0.25, 0.3) is 0 Å². The van der Waals surface area contributed by atoms with E-state index in [0.29, 0.717) is 5.82 Å². The number of nitrogens with zero attached hydrogens (tertiary/aromatic N) is 1. The molecule has 1 aromatic heterocycles. The van der Waals surface area contributed by atoms with Gasteiger partial charge in [0.05, 0.1) is 5.52 Å². The number of nitrogen functional groups attached to an aromatic ring is 1. The summed E-state index contributed by atoms with van der Waals surface area (Å²) >= 11 is 0. The summed E-state index contributed by atoms with van der Waals surface area (Å²) < 4.78 is 0. The maximum atomic E-state index is 6.05. The molecule has 2 N–H and O–H groups in total. The van der Waals surface area contributed by atoms with Gasteiger partial charge in [-0.2, -0.15) is 0 Å². The molecule has 0 saturated carbocycles. The quantitative estimate of drug-likeness (QED) is 0.750. The van der Waals surface area contributed by atoms with Gasteiger partial charge in [-0.15, -0.1) is 0 Å². The second-order valence-corrected chi connectivity index (χ2v) is 4.89. The predicted octanol–water partition coefficient (Wildman–Crippen LogP) is 3.72. The summed E-state index contributed by atoms with van der Waals surface area (Å²) in [7, 11) is 0. The Morgan fingerprint density at radius 2 is 1.74 bits per heavy atom. The fraction of sp³-hybridized carbons (Fsp3) is 0.118. The molecule has 0 aliphatic heterocycles. The molecule has 2 heteroatoms. The van der Waals surface area contributed by atoms with E-state index in [0.717, 1.165) is 22.9 Å². The van der Waals surface area contributed by atoms with Gasteiger partial charge in [-0.25, -0.2) is 4.98 Å². The number of aromatic nitrogens is 1. The lowest BCUT2D eigenvalue weighted by molar-refractivity contribution is 1.17. The van der Waals surface area contributed by atoms with E-state index in [4.69, 9.17) is 5.73 Å². The van der Waals surface area contributed by atoms with Crippen LogP contribution in [0.1, 0.15) is 16.7 Å². The normalized spacial score (nSPS) is 10.8. The largest absolute Gasteiger partial charge is 0.383 e. The van der Waals surface area contributed by atoms with Gasteiger partial charge in [0.1, 0.15) is 5.82 Å². The van der Waals surface area contributed by atoms with Crippen molar-refractivity contribution in [3.8, 4) is 0 Å². The number of hydrogen-bond acceptors (Lipinski definition) is 2. The van der Waals surface area contributed by atoms with Crippen molar-refractivity contribution in [1.82, 2.24) is 4.98 Å². The van der Waals surface area contributed by atoms with Crippen LogP contribution in [0.25, 0.3) is 10.9 Å². The smallest absolute Gasteiger partial charge is 0.127 e. The first kappa shape index (κ1) is 11.7. The van der Waals surface area contributed by atoms with Crippen molar-refractivity contribution < 1.29 is 0 Å². The van der Waals surface area contributed by atoms with Crippen molar-refractivity contribution in [3.63, 3.8) is 0 Å². The third kappa shape index (κ3) is 2.43. The van der Waals surface area contributed by atoms with E-state index in [1.54, 1.807) is 0 Å². The standard InChI is InChI=1S/C17H16N2/c1-12-6-8-13(9-7-12)10-15-11-14-4-2-3-5-16(14)19-17(15)18/h2-9,11H,10H2,1H3,(H2,18,19). The second-order valence-electron chi connectivity index (χ2n) is 4.89. The van der Waals surface area contributed by atoms with E-state index in [1.807, 2.05) is 18.2 Å². The third-order valence-corrected chi connectivity index (χ3v) is 3.35. The first-order valence-electron chi connectivity index (χ1n) is 6.42. The zero-order chi connectivity index (χ0) is 13.2. The summed E-state index contributed by atoms with van der Waals surface area (Å²) in [6.07, 6.45) is 0.823. The first-order chi connectivity index (χ1) is 9.22. The molecule has 2 aromatic carbocycles. The van der Waals surface area contributed by atoms with E-state index < -0.39 is 0 Å². The van der Waals surface area contributed by atoms with Crippen LogP contribution in [0, 0.1) is 6.92 Å².